The first-order valence-electron chi connectivity index (χ1n) is 18.8. The van der Waals surface area contributed by atoms with Crippen molar-refractivity contribution in [2.24, 2.45) is 33.7 Å². The van der Waals surface area contributed by atoms with Crippen LogP contribution in [-0.2, 0) is 0 Å². The van der Waals surface area contributed by atoms with Gasteiger partial charge in [-0.3, -0.25) is 10.8 Å². The molecule has 0 saturated carbocycles. The zero-order chi connectivity index (χ0) is 33.6. The van der Waals surface area contributed by atoms with Crippen molar-refractivity contribution in [2.45, 2.75) is 107 Å². The van der Waals surface area contributed by atoms with Crippen LogP contribution < -0.4 is 0 Å². The van der Waals surface area contributed by atoms with Gasteiger partial charge in [-0.15, -0.1) is 24.8 Å². The van der Waals surface area contributed by atoms with Crippen molar-refractivity contribution in [3.05, 3.63) is 0 Å². The van der Waals surface area contributed by atoms with E-state index in [9.17, 15) is 0 Å². The third kappa shape index (κ3) is 14.9. The first-order chi connectivity index (χ1) is 21.9. The Kier molecular flexibility index (Phi) is 20.9. The maximum absolute atomic E-state index is 9.09. The minimum absolute atomic E-state index is 0. The Morgan fingerprint density at radius 3 is 0.896 bits per heavy atom. The van der Waals surface area contributed by atoms with Gasteiger partial charge < -0.3 is 29.4 Å². The standard InChI is InChI=1S/C36H70N10.2ClH/c1-29(2)13-21-43-17-9-10-18-44(22-14-30(3)4)35(43)39-33(37)41-25-27-42(28-26-41)34(38)40-36-45(23-15-31(5)6)19-11-12-20-46(36)24-16-32(7)8;;/h29-32,37-38H,9-28H2,1-8H3;2*1H. The minimum atomic E-state index is 0. The summed E-state index contributed by atoms with van der Waals surface area (Å²) >= 11 is 0. The smallest absolute Gasteiger partial charge is 0.221 e. The molecule has 0 aromatic carbocycles. The van der Waals surface area contributed by atoms with Crippen LogP contribution in [0.4, 0.5) is 0 Å². The highest BCUT2D eigenvalue weighted by atomic mass is 35.5. The monoisotopic (exact) mass is 715 g/mol. The highest BCUT2D eigenvalue weighted by Gasteiger charge is 2.28. The van der Waals surface area contributed by atoms with Crippen LogP contribution in [0.5, 0.6) is 0 Å². The molecule has 3 aliphatic heterocycles. The van der Waals surface area contributed by atoms with Gasteiger partial charge in [0.2, 0.25) is 23.8 Å². The number of nitrogens with zero attached hydrogens (tertiary/aromatic N) is 8. The maximum Gasteiger partial charge on any atom is 0.221 e. The zero-order valence-corrected chi connectivity index (χ0v) is 33.5. The Hall–Kier alpha value is -1.94. The summed E-state index contributed by atoms with van der Waals surface area (Å²) < 4.78 is 0. The number of piperazine rings is 1. The lowest BCUT2D eigenvalue weighted by molar-refractivity contribution is 0.251. The fourth-order valence-corrected chi connectivity index (χ4v) is 6.26. The van der Waals surface area contributed by atoms with Gasteiger partial charge in [0.05, 0.1) is 0 Å². The Labute approximate surface area is 307 Å². The van der Waals surface area contributed by atoms with E-state index in [0.717, 1.165) is 90.0 Å². The van der Waals surface area contributed by atoms with E-state index >= 15 is 0 Å². The number of nitrogens with one attached hydrogen (secondary N) is 2. The largest absolute Gasteiger partial charge is 0.342 e. The molecule has 0 unspecified atom stereocenters. The predicted molar refractivity (Wildman–Crippen MR) is 211 cm³/mol. The summed E-state index contributed by atoms with van der Waals surface area (Å²) in [4.78, 5) is 24.1. The summed E-state index contributed by atoms with van der Waals surface area (Å²) in [6.45, 7) is 29.1. The van der Waals surface area contributed by atoms with Gasteiger partial charge in [-0.25, -0.2) is 0 Å². The molecule has 0 bridgehead atoms. The fraction of sp³-hybridized carbons (Fsp3) is 0.889. The predicted octanol–water partition coefficient (Wildman–Crippen LogP) is 7.01. The molecule has 3 aliphatic rings. The van der Waals surface area contributed by atoms with E-state index in [1.807, 2.05) is 0 Å². The topological polar surface area (TPSA) is 91.9 Å². The van der Waals surface area contributed by atoms with Crippen molar-refractivity contribution in [3.8, 4) is 0 Å². The van der Waals surface area contributed by atoms with Crippen LogP contribution in [0, 0.1) is 34.5 Å². The molecular formula is C36H72Cl2N10. The Bertz CT molecular complexity index is 865. The van der Waals surface area contributed by atoms with Gasteiger partial charge in [-0.05, 0) is 75.0 Å². The van der Waals surface area contributed by atoms with Gasteiger partial charge in [0, 0.05) is 78.5 Å². The van der Waals surface area contributed by atoms with E-state index in [-0.39, 0.29) is 24.8 Å². The lowest BCUT2D eigenvalue weighted by atomic mass is 10.1. The van der Waals surface area contributed by atoms with Crippen molar-refractivity contribution >= 4 is 48.7 Å². The SMILES string of the molecule is CC(C)CCN1CCCCN(CCC(C)C)C1=NC(=N)N1CCN(C(=N)N=C2N(CCC(C)C)CCCCN2CCC(C)C)CC1.Cl.Cl. The van der Waals surface area contributed by atoms with Crippen LogP contribution in [0.1, 0.15) is 107 Å². The van der Waals surface area contributed by atoms with Crippen molar-refractivity contribution in [1.82, 2.24) is 29.4 Å². The number of hydrogen-bond acceptors (Lipinski definition) is 2. The number of halogens is 2. The normalized spacial score (nSPS) is 17.9. The average Bonchev–Trinajstić information content (AvgIpc) is 3.32. The zero-order valence-electron chi connectivity index (χ0n) is 31.8. The minimum Gasteiger partial charge on any atom is -0.342 e. The van der Waals surface area contributed by atoms with Crippen molar-refractivity contribution in [1.29, 1.82) is 10.8 Å². The van der Waals surface area contributed by atoms with Gasteiger partial charge in [-0.1, -0.05) is 55.4 Å². The first-order valence-corrected chi connectivity index (χ1v) is 18.8. The van der Waals surface area contributed by atoms with Gasteiger partial charge in [0.1, 0.15) is 0 Å². The molecule has 0 spiro atoms. The van der Waals surface area contributed by atoms with Gasteiger partial charge in [0.25, 0.3) is 0 Å². The average molecular weight is 716 g/mol. The lowest BCUT2D eigenvalue weighted by Crippen LogP contribution is -2.52. The molecule has 280 valence electrons. The molecule has 3 rings (SSSR count). The Morgan fingerprint density at radius 1 is 0.458 bits per heavy atom. The summed E-state index contributed by atoms with van der Waals surface area (Å²) in [6, 6.07) is 0. The summed E-state index contributed by atoms with van der Waals surface area (Å²) in [6.07, 6.45) is 9.25. The first kappa shape index (κ1) is 44.1. The molecule has 0 aromatic heterocycles. The fourth-order valence-electron chi connectivity index (χ4n) is 6.26. The number of guanidine groups is 4. The molecule has 3 saturated heterocycles. The summed E-state index contributed by atoms with van der Waals surface area (Å²) in [5.41, 5.74) is 0. The molecule has 0 aliphatic carbocycles. The molecule has 48 heavy (non-hydrogen) atoms. The van der Waals surface area contributed by atoms with Crippen LogP contribution in [0.25, 0.3) is 0 Å². The molecular weight excluding hydrogens is 643 g/mol. The van der Waals surface area contributed by atoms with Crippen LogP contribution in [-0.4, -0.2) is 132 Å². The number of hydrogen-bond donors (Lipinski definition) is 2. The van der Waals surface area contributed by atoms with Crippen LogP contribution in [0.3, 0.4) is 0 Å². The highest BCUT2D eigenvalue weighted by molar-refractivity contribution is 5.95. The van der Waals surface area contributed by atoms with Gasteiger partial charge in [-0.2, -0.15) is 9.98 Å². The highest BCUT2D eigenvalue weighted by Crippen LogP contribution is 2.18. The van der Waals surface area contributed by atoms with E-state index in [1.54, 1.807) is 0 Å². The summed E-state index contributed by atoms with van der Waals surface area (Å²) in [5.74, 6) is 5.29. The van der Waals surface area contributed by atoms with E-state index in [4.69, 9.17) is 20.8 Å². The molecule has 10 nitrogen and oxygen atoms in total. The molecule has 0 aromatic rings. The van der Waals surface area contributed by atoms with E-state index in [2.05, 4.69) is 84.8 Å². The van der Waals surface area contributed by atoms with E-state index in [0.29, 0.717) is 61.8 Å². The maximum atomic E-state index is 9.09. The van der Waals surface area contributed by atoms with E-state index in [1.165, 1.54) is 25.7 Å². The van der Waals surface area contributed by atoms with Crippen LogP contribution >= 0.6 is 24.8 Å². The third-order valence-corrected chi connectivity index (χ3v) is 9.54. The second-order valence-electron chi connectivity index (χ2n) is 15.5. The molecule has 0 atom stereocenters. The molecule has 2 N–H and O–H groups in total. The molecule has 3 heterocycles. The van der Waals surface area contributed by atoms with Crippen molar-refractivity contribution < 1.29 is 0 Å². The van der Waals surface area contributed by atoms with Crippen LogP contribution in [0.15, 0.2) is 9.98 Å². The Balaban J connectivity index is 0.00000576. The molecule has 0 amide bonds. The van der Waals surface area contributed by atoms with Crippen LogP contribution in [0.2, 0.25) is 0 Å². The lowest BCUT2D eigenvalue weighted by Gasteiger charge is -2.37. The second-order valence-corrected chi connectivity index (χ2v) is 15.5. The number of rotatable bonds is 12. The quantitative estimate of drug-likeness (QED) is 0.167. The number of aliphatic imine (C=N–C) groups is 2. The molecule has 3 fully saturated rings. The Morgan fingerprint density at radius 2 is 0.688 bits per heavy atom. The summed E-state index contributed by atoms with van der Waals surface area (Å²) in [5, 5.41) is 18.2. The molecule has 12 heteroatoms. The van der Waals surface area contributed by atoms with E-state index < -0.39 is 0 Å². The summed E-state index contributed by atoms with van der Waals surface area (Å²) in [7, 11) is 0. The second kappa shape index (κ2) is 22.7. The van der Waals surface area contributed by atoms with Crippen molar-refractivity contribution in [2.75, 3.05) is 78.5 Å². The van der Waals surface area contributed by atoms with Crippen molar-refractivity contribution in [3.63, 3.8) is 0 Å². The van der Waals surface area contributed by atoms with Gasteiger partial charge >= 0.3 is 0 Å². The third-order valence-electron chi connectivity index (χ3n) is 9.54. The van der Waals surface area contributed by atoms with Gasteiger partial charge in [0.15, 0.2) is 0 Å². The molecule has 0 radical (unpaired) electrons.